The molecular formula is C13H16N2O. The SMILES string of the molecule is Cc1cccc2c1NC(=O)C1(CCC1)CN2. The molecule has 1 amide bonds. The summed E-state index contributed by atoms with van der Waals surface area (Å²) in [7, 11) is 0. The van der Waals surface area contributed by atoms with Crippen LogP contribution in [-0.4, -0.2) is 12.5 Å². The Morgan fingerprint density at radius 3 is 2.81 bits per heavy atom. The smallest absolute Gasteiger partial charge is 0.232 e. The van der Waals surface area contributed by atoms with Crippen LogP contribution in [0.2, 0.25) is 0 Å². The lowest BCUT2D eigenvalue weighted by Crippen LogP contribution is -2.45. The number of carbonyl (C=O) groups excluding carboxylic acids is 1. The van der Waals surface area contributed by atoms with E-state index in [0.29, 0.717) is 0 Å². The zero-order valence-electron chi connectivity index (χ0n) is 9.47. The van der Waals surface area contributed by atoms with Crippen molar-refractivity contribution < 1.29 is 4.79 Å². The number of hydrogen-bond acceptors (Lipinski definition) is 2. The Morgan fingerprint density at radius 2 is 2.12 bits per heavy atom. The molecule has 2 N–H and O–H groups in total. The average Bonchev–Trinajstić information content (AvgIpc) is 2.35. The fourth-order valence-corrected chi connectivity index (χ4v) is 2.58. The second-order valence-electron chi connectivity index (χ2n) is 4.94. The van der Waals surface area contributed by atoms with Gasteiger partial charge in [-0.15, -0.1) is 0 Å². The average molecular weight is 216 g/mol. The number of anilines is 2. The Bertz CT molecular complexity index is 449. The normalized spacial score (nSPS) is 21.4. The van der Waals surface area contributed by atoms with E-state index in [1.807, 2.05) is 25.1 Å². The number of para-hydroxylation sites is 1. The van der Waals surface area contributed by atoms with Gasteiger partial charge in [0.25, 0.3) is 0 Å². The summed E-state index contributed by atoms with van der Waals surface area (Å²) >= 11 is 0. The highest BCUT2D eigenvalue weighted by molar-refractivity contribution is 6.01. The minimum atomic E-state index is -0.147. The number of nitrogens with one attached hydrogen (secondary N) is 2. The molecule has 0 unspecified atom stereocenters. The molecule has 0 atom stereocenters. The summed E-state index contributed by atoms with van der Waals surface area (Å²) in [6.45, 7) is 2.80. The summed E-state index contributed by atoms with van der Waals surface area (Å²) in [5.74, 6) is 0.194. The van der Waals surface area contributed by atoms with Crippen molar-refractivity contribution in [2.24, 2.45) is 5.41 Å². The molecule has 1 saturated carbocycles. The molecule has 0 radical (unpaired) electrons. The Morgan fingerprint density at radius 1 is 1.31 bits per heavy atom. The minimum absolute atomic E-state index is 0.147. The van der Waals surface area contributed by atoms with E-state index >= 15 is 0 Å². The summed E-state index contributed by atoms with van der Waals surface area (Å²) in [5, 5.41) is 6.49. The molecule has 3 rings (SSSR count). The molecule has 0 aromatic heterocycles. The number of hydrogen-bond donors (Lipinski definition) is 2. The van der Waals surface area contributed by atoms with Crippen molar-refractivity contribution in [3.05, 3.63) is 23.8 Å². The van der Waals surface area contributed by atoms with E-state index in [1.54, 1.807) is 0 Å². The maximum atomic E-state index is 12.2. The second-order valence-corrected chi connectivity index (χ2v) is 4.94. The molecule has 16 heavy (non-hydrogen) atoms. The molecule has 1 fully saturated rings. The molecule has 0 saturated heterocycles. The van der Waals surface area contributed by atoms with Crippen molar-refractivity contribution >= 4 is 17.3 Å². The Hall–Kier alpha value is -1.51. The lowest BCUT2D eigenvalue weighted by Gasteiger charge is -2.38. The number of aryl methyl sites for hydroxylation is 1. The van der Waals surface area contributed by atoms with E-state index in [2.05, 4.69) is 10.6 Å². The zero-order valence-corrected chi connectivity index (χ0v) is 9.47. The third-order valence-corrected chi connectivity index (χ3v) is 3.92. The van der Waals surface area contributed by atoms with Crippen LogP contribution in [0.4, 0.5) is 11.4 Å². The van der Waals surface area contributed by atoms with Crippen LogP contribution in [0.15, 0.2) is 18.2 Å². The maximum Gasteiger partial charge on any atom is 0.232 e. The van der Waals surface area contributed by atoms with Crippen LogP contribution in [0.5, 0.6) is 0 Å². The van der Waals surface area contributed by atoms with Crippen LogP contribution in [0.1, 0.15) is 24.8 Å². The van der Waals surface area contributed by atoms with Crippen molar-refractivity contribution in [2.45, 2.75) is 26.2 Å². The quantitative estimate of drug-likeness (QED) is 0.699. The first-order chi connectivity index (χ1) is 7.71. The van der Waals surface area contributed by atoms with E-state index in [1.165, 1.54) is 6.42 Å². The van der Waals surface area contributed by atoms with E-state index in [4.69, 9.17) is 0 Å². The summed E-state index contributed by atoms with van der Waals surface area (Å²) in [4.78, 5) is 12.2. The predicted molar refractivity (Wildman–Crippen MR) is 64.6 cm³/mol. The van der Waals surface area contributed by atoms with Crippen molar-refractivity contribution in [1.29, 1.82) is 0 Å². The van der Waals surface area contributed by atoms with Gasteiger partial charge in [0.05, 0.1) is 16.8 Å². The topological polar surface area (TPSA) is 41.1 Å². The van der Waals surface area contributed by atoms with Gasteiger partial charge in [0.2, 0.25) is 5.91 Å². The summed E-state index contributed by atoms with van der Waals surface area (Å²) < 4.78 is 0. The van der Waals surface area contributed by atoms with Gasteiger partial charge in [-0.1, -0.05) is 18.6 Å². The molecule has 1 aromatic carbocycles. The molecule has 1 aliphatic heterocycles. The molecule has 1 heterocycles. The van der Waals surface area contributed by atoms with Gasteiger partial charge in [0, 0.05) is 6.54 Å². The Kier molecular flexibility index (Phi) is 1.96. The molecule has 84 valence electrons. The molecule has 1 spiro atoms. The number of fused-ring (bicyclic) bond motifs is 1. The molecule has 3 heteroatoms. The van der Waals surface area contributed by atoms with Gasteiger partial charge in [-0.25, -0.2) is 0 Å². The van der Waals surface area contributed by atoms with Crippen LogP contribution in [-0.2, 0) is 4.79 Å². The van der Waals surface area contributed by atoms with Crippen LogP contribution in [0.3, 0.4) is 0 Å². The first kappa shape index (κ1) is 9.70. The van der Waals surface area contributed by atoms with Gasteiger partial charge in [0.1, 0.15) is 0 Å². The van der Waals surface area contributed by atoms with Gasteiger partial charge in [0.15, 0.2) is 0 Å². The molecule has 2 aliphatic rings. The van der Waals surface area contributed by atoms with Crippen LogP contribution in [0.25, 0.3) is 0 Å². The second kappa shape index (κ2) is 3.24. The maximum absolute atomic E-state index is 12.2. The third-order valence-electron chi connectivity index (χ3n) is 3.92. The number of carbonyl (C=O) groups is 1. The first-order valence-electron chi connectivity index (χ1n) is 5.86. The molecular weight excluding hydrogens is 200 g/mol. The van der Waals surface area contributed by atoms with E-state index in [9.17, 15) is 4.79 Å². The van der Waals surface area contributed by atoms with Gasteiger partial charge >= 0.3 is 0 Å². The number of rotatable bonds is 0. The molecule has 1 aliphatic carbocycles. The minimum Gasteiger partial charge on any atom is -0.382 e. The highest BCUT2D eigenvalue weighted by atomic mass is 16.2. The molecule has 1 aromatic rings. The van der Waals surface area contributed by atoms with Crippen LogP contribution >= 0.6 is 0 Å². The number of amides is 1. The lowest BCUT2D eigenvalue weighted by atomic mass is 9.68. The lowest BCUT2D eigenvalue weighted by molar-refractivity contribution is -0.129. The van der Waals surface area contributed by atoms with Crippen molar-refractivity contribution in [2.75, 3.05) is 17.2 Å². The highest BCUT2D eigenvalue weighted by Crippen LogP contribution is 2.44. The summed E-state index contributed by atoms with van der Waals surface area (Å²) in [6.07, 6.45) is 3.20. The van der Waals surface area contributed by atoms with Crippen LogP contribution < -0.4 is 10.6 Å². The van der Waals surface area contributed by atoms with Crippen molar-refractivity contribution in [1.82, 2.24) is 0 Å². The van der Waals surface area contributed by atoms with E-state index in [0.717, 1.165) is 36.3 Å². The van der Waals surface area contributed by atoms with E-state index < -0.39 is 0 Å². The first-order valence-corrected chi connectivity index (χ1v) is 5.86. The summed E-state index contributed by atoms with van der Waals surface area (Å²) in [5.41, 5.74) is 2.98. The Balaban J connectivity index is 2.00. The largest absolute Gasteiger partial charge is 0.382 e. The van der Waals surface area contributed by atoms with Crippen molar-refractivity contribution in [3.63, 3.8) is 0 Å². The van der Waals surface area contributed by atoms with Gasteiger partial charge in [-0.3, -0.25) is 4.79 Å². The fraction of sp³-hybridized carbons (Fsp3) is 0.462. The summed E-state index contributed by atoms with van der Waals surface area (Å²) in [6, 6.07) is 6.08. The van der Waals surface area contributed by atoms with Crippen LogP contribution in [0, 0.1) is 12.3 Å². The zero-order chi connectivity index (χ0) is 11.2. The third kappa shape index (κ3) is 1.24. The highest BCUT2D eigenvalue weighted by Gasteiger charge is 2.45. The van der Waals surface area contributed by atoms with Crippen molar-refractivity contribution in [3.8, 4) is 0 Å². The standard InChI is InChI=1S/C13H16N2O/c1-9-4-2-5-10-11(9)15-12(16)13(8-14-10)6-3-7-13/h2,4-5,14H,3,6-8H2,1H3,(H,15,16). The van der Waals surface area contributed by atoms with Gasteiger partial charge in [-0.2, -0.15) is 0 Å². The van der Waals surface area contributed by atoms with E-state index in [-0.39, 0.29) is 11.3 Å². The molecule has 3 nitrogen and oxygen atoms in total. The van der Waals surface area contributed by atoms with Gasteiger partial charge < -0.3 is 10.6 Å². The van der Waals surface area contributed by atoms with Gasteiger partial charge in [-0.05, 0) is 31.4 Å². The predicted octanol–water partition coefficient (Wildman–Crippen LogP) is 2.53. The fourth-order valence-electron chi connectivity index (χ4n) is 2.58. The number of benzene rings is 1. The Labute approximate surface area is 95.2 Å². The molecule has 0 bridgehead atoms. The monoisotopic (exact) mass is 216 g/mol.